The molecule has 8 nitrogen and oxygen atoms in total. The van der Waals surface area contributed by atoms with E-state index in [9.17, 15) is 10.1 Å². The lowest BCUT2D eigenvalue weighted by molar-refractivity contribution is -0.122. The van der Waals surface area contributed by atoms with Gasteiger partial charge in [-0.2, -0.15) is 5.26 Å². The average Bonchev–Trinajstić information content (AvgIpc) is 3.30. The van der Waals surface area contributed by atoms with Gasteiger partial charge in [-0.1, -0.05) is 0 Å². The quantitative estimate of drug-likeness (QED) is 0.664. The fourth-order valence-corrected chi connectivity index (χ4v) is 4.78. The second-order valence-electron chi connectivity index (χ2n) is 8.73. The fourth-order valence-electron chi connectivity index (χ4n) is 4.23. The van der Waals surface area contributed by atoms with Gasteiger partial charge in [0.05, 0.1) is 37.1 Å². The van der Waals surface area contributed by atoms with Gasteiger partial charge in [-0.15, -0.1) is 11.8 Å². The lowest BCUT2D eigenvalue weighted by atomic mass is 9.89. The van der Waals surface area contributed by atoms with Crippen LogP contribution in [-0.4, -0.2) is 60.4 Å². The third kappa shape index (κ3) is 4.93. The Balaban J connectivity index is 1.43. The smallest absolute Gasteiger partial charge is 0.234 e. The predicted molar refractivity (Wildman–Crippen MR) is 123 cm³/mol. The second-order valence-corrected chi connectivity index (χ2v) is 9.53. The molecule has 0 atom stereocenters. The molecule has 2 aromatic rings. The van der Waals surface area contributed by atoms with Crippen LogP contribution in [0.25, 0.3) is 0 Å². The number of anilines is 1. The molecular weight excluding hydrogens is 426 g/mol. The zero-order valence-electron chi connectivity index (χ0n) is 18.8. The Morgan fingerprint density at radius 3 is 2.75 bits per heavy atom. The molecule has 1 N–H and O–H groups in total. The molecule has 1 saturated heterocycles. The Kier molecular flexibility index (Phi) is 6.74. The lowest BCUT2D eigenvalue weighted by Crippen LogP contribution is -2.50. The highest BCUT2D eigenvalue weighted by atomic mass is 32.2. The Labute approximate surface area is 192 Å². The summed E-state index contributed by atoms with van der Waals surface area (Å²) in [6.45, 7) is 8.43. The zero-order valence-corrected chi connectivity index (χ0v) is 19.6. The molecule has 1 amide bonds. The summed E-state index contributed by atoms with van der Waals surface area (Å²) < 4.78 is 11.3. The van der Waals surface area contributed by atoms with Crippen molar-refractivity contribution in [3.63, 3.8) is 0 Å². The van der Waals surface area contributed by atoms with E-state index in [1.54, 1.807) is 6.26 Å². The van der Waals surface area contributed by atoms with Crippen molar-refractivity contribution in [3.8, 4) is 6.07 Å². The molecule has 4 heterocycles. The molecule has 0 aromatic carbocycles. The number of hydrogen-bond donors (Lipinski definition) is 1. The average molecular weight is 456 g/mol. The normalized spacial score (nSPS) is 18.1. The first-order valence-corrected chi connectivity index (χ1v) is 12.0. The largest absolute Gasteiger partial charge is 0.467 e. The topological polar surface area (TPSA) is 94.6 Å². The van der Waals surface area contributed by atoms with Gasteiger partial charge in [-0.3, -0.25) is 9.69 Å². The lowest BCUT2D eigenvalue weighted by Gasteiger charge is -2.39. The number of furan rings is 1. The van der Waals surface area contributed by atoms with E-state index >= 15 is 0 Å². The van der Waals surface area contributed by atoms with Crippen molar-refractivity contribution < 1.29 is 13.9 Å². The number of fused-ring (bicyclic) bond motifs is 1. The second kappa shape index (κ2) is 9.53. The Bertz CT molecular complexity index is 1010. The number of nitrogens with zero attached hydrogens (tertiary/aromatic N) is 4. The van der Waals surface area contributed by atoms with Gasteiger partial charge in [0.1, 0.15) is 22.7 Å². The molecule has 0 bridgehead atoms. The Morgan fingerprint density at radius 1 is 1.31 bits per heavy atom. The van der Waals surface area contributed by atoms with Crippen LogP contribution in [-0.2, 0) is 29.1 Å². The molecule has 9 heteroatoms. The number of carbonyl (C=O) groups excluding carboxylic acids is 1. The van der Waals surface area contributed by atoms with Crippen LogP contribution in [0.4, 0.5) is 5.82 Å². The summed E-state index contributed by atoms with van der Waals surface area (Å²) >= 11 is 1.51. The van der Waals surface area contributed by atoms with E-state index in [-0.39, 0.29) is 11.5 Å². The van der Waals surface area contributed by atoms with Crippen LogP contribution in [0, 0.1) is 11.3 Å². The van der Waals surface area contributed by atoms with Gasteiger partial charge < -0.3 is 19.4 Å². The van der Waals surface area contributed by atoms with Crippen LogP contribution in [0.3, 0.4) is 0 Å². The molecule has 0 aliphatic carbocycles. The van der Waals surface area contributed by atoms with Crippen molar-refractivity contribution in [2.75, 3.05) is 43.9 Å². The van der Waals surface area contributed by atoms with E-state index in [1.807, 2.05) is 18.4 Å². The molecule has 32 heavy (non-hydrogen) atoms. The van der Waals surface area contributed by atoms with Crippen LogP contribution >= 0.6 is 11.8 Å². The minimum absolute atomic E-state index is 0.0102. The van der Waals surface area contributed by atoms with Crippen LogP contribution in [0.1, 0.15) is 36.3 Å². The summed E-state index contributed by atoms with van der Waals surface area (Å²) in [6.07, 6.45) is 4.26. The Hall–Kier alpha value is -2.54. The first-order valence-electron chi connectivity index (χ1n) is 10.8. The molecule has 170 valence electrons. The van der Waals surface area contributed by atoms with Gasteiger partial charge in [-0.25, -0.2) is 4.98 Å². The van der Waals surface area contributed by atoms with Gasteiger partial charge in [0.15, 0.2) is 0 Å². The van der Waals surface area contributed by atoms with Crippen molar-refractivity contribution in [1.82, 2.24) is 15.2 Å². The maximum Gasteiger partial charge on any atom is 0.234 e. The summed E-state index contributed by atoms with van der Waals surface area (Å²) in [5.74, 6) is 1.65. The Morgan fingerprint density at radius 2 is 2.09 bits per heavy atom. The van der Waals surface area contributed by atoms with Crippen LogP contribution < -0.4 is 10.2 Å². The summed E-state index contributed by atoms with van der Waals surface area (Å²) in [5.41, 5.74) is 2.48. The molecule has 0 radical (unpaired) electrons. The number of piperazine rings is 1. The number of aromatic nitrogens is 1. The van der Waals surface area contributed by atoms with Crippen LogP contribution in [0.15, 0.2) is 27.8 Å². The van der Waals surface area contributed by atoms with Crippen LogP contribution in [0.2, 0.25) is 0 Å². The van der Waals surface area contributed by atoms with E-state index in [0.29, 0.717) is 31.7 Å². The maximum atomic E-state index is 12.3. The van der Waals surface area contributed by atoms with E-state index in [1.165, 1.54) is 11.8 Å². The van der Waals surface area contributed by atoms with Crippen molar-refractivity contribution in [2.24, 2.45) is 0 Å². The number of thioether (sulfide) groups is 1. The highest BCUT2D eigenvalue weighted by molar-refractivity contribution is 7.98. The predicted octanol–water partition coefficient (Wildman–Crippen LogP) is 2.56. The van der Waals surface area contributed by atoms with Gasteiger partial charge in [0.2, 0.25) is 5.91 Å². The number of pyridine rings is 1. The first kappa shape index (κ1) is 22.6. The molecule has 0 unspecified atom stereocenters. The summed E-state index contributed by atoms with van der Waals surface area (Å²) in [7, 11) is 0. The van der Waals surface area contributed by atoms with E-state index in [4.69, 9.17) is 14.1 Å². The van der Waals surface area contributed by atoms with E-state index in [2.05, 4.69) is 35.0 Å². The number of rotatable bonds is 6. The van der Waals surface area contributed by atoms with Crippen molar-refractivity contribution in [2.45, 2.75) is 44.0 Å². The minimum Gasteiger partial charge on any atom is -0.467 e. The molecule has 4 rings (SSSR count). The highest BCUT2D eigenvalue weighted by Gasteiger charge is 2.33. The number of nitriles is 1. The first-order chi connectivity index (χ1) is 15.4. The van der Waals surface area contributed by atoms with Crippen molar-refractivity contribution in [3.05, 3.63) is 40.8 Å². The summed E-state index contributed by atoms with van der Waals surface area (Å²) in [4.78, 5) is 21.6. The number of carbonyl (C=O) groups is 1. The van der Waals surface area contributed by atoms with Gasteiger partial charge in [0, 0.05) is 38.2 Å². The third-order valence-electron chi connectivity index (χ3n) is 5.95. The number of ether oxygens (including phenoxy) is 1. The highest BCUT2D eigenvalue weighted by Crippen LogP contribution is 2.38. The standard InChI is InChI=1S/C23H29N5O3S/c1-23(2)11-17-18(12-24)22(32-3)26-21(19(17)15-31-23)28-8-6-27(7-9-28)14-20(29)25-13-16-5-4-10-30-16/h4-5,10H,6-9,11,13-15H2,1-3H3,(H,25,29). The summed E-state index contributed by atoms with van der Waals surface area (Å²) in [6, 6.07) is 6.03. The SMILES string of the molecule is CSc1nc(N2CCN(CC(=O)NCc3ccco3)CC2)c2c(c1C#N)CC(C)(C)OC2. The number of amides is 1. The molecule has 2 aliphatic heterocycles. The minimum atomic E-state index is -0.297. The molecule has 2 aliphatic rings. The van der Waals surface area contributed by atoms with Crippen molar-refractivity contribution >= 4 is 23.5 Å². The molecule has 0 saturated carbocycles. The third-order valence-corrected chi connectivity index (χ3v) is 6.63. The van der Waals surface area contributed by atoms with Gasteiger partial charge in [-0.05, 0) is 37.8 Å². The monoisotopic (exact) mass is 455 g/mol. The van der Waals surface area contributed by atoms with Gasteiger partial charge >= 0.3 is 0 Å². The number of hydrogen-bond acceptors (Lipinski definition) is 8. The fraction of sp³-hybridized carbons (Fsp3) is 0.522. The van der Waals surface area contributed by atoms with E-state index < -0.39 is 0 Å². The molecule has 2 aromatic heterocycles. The molecule has 0 spiro atoms. The van der Waals surface area contributed by atoms with E-state index in [0.717, 1.165) is 53.9 Å². The zero-order chi connectivity index (χ0) is 22.7. The van der Waals surface area contributed by atoms with Gasteiger partial charge in [0.25, 0.3) is 0 Å². The molecule has 1 fully saturated rings. The molecular formula is C23H29N5O3S. The number of nitrogens with one attached hydrogen (secondary N) is 1. The van der Waals surface area contributed by atoms with Crippen LogP contribution in [0.5, 0.6) is 0 Å². The maximum absolute atomic E-state index is 12.3. The summed E-state index contributed by atoms with van der Waals surface area (Å²) in [5, 5.41) is 13.5. The van der Waals surface area contributed by atoms with Crippen molar-refractivity contribution in [1.29, 1.82) is 5.26 Å².